The second-order valence-corrected chi connectivity index (χ2v) is 7.11. The minimum atomic E-state index is -0.701. The second kappa shape index (κ2) is 4.08. The van der Waals surface area contributed by atoms with Gasteiger partial charge in [-0.1, -0.05) is 46.5 Å². The quantitative estimate of drug-likeness (QED) is 0.800. The number of hydrogen-bond acceptors (Lipinski definition) is 2. The molecule has 0 heterocycles. The van der Waals surface area contributed by atoms with Gasteiger partial charge in [-0.25, -0.2) is 0 Å². The van der Waals surface area contributed by atoms with Crippen LogP contribution in [0.15, 0.2) is 0 Å². The van der Waals surface area contributed by atoms with E-state index in [-0.39, 0.29) is 5.41 Å². The van der Waals surface area contributed by atoms with E-state index in [1.807, 2.05) is 20.8 Å². The van der Waals surface area contributed by atoms with E-state index in [1.54, 1.807) is 0 Å². The summed E-state index contributed by atoms with van der Waals surface area (Å²) in [4.78, 5) is 12.7. The molecular formula is C15H26O2. The van der Waals surface area contributed by atoms with Gasteiger partial charge in [0.25, 0.3) is 0 Å². The summed E-state index contributed by atoms with van der Waals surface area (Å²) in [6, 6.07) is 0. The van der Waals surface area contributed by atoms with Crippen LogP contribution in [0.4, 0.5) is 0 Å². The van der Waals surface area contributed by atoms with Gasteiger partial charge in [-0.15, -0.1) is 0 Å². The van der Waals surface area contributed by atoms with Gasteiger partial charge < -0.3 is 5.11 Å². The molecular weight excluding hydrogens is 212 g/mol. The molecule has 17 heavy (non-hydrogen) atoms. The maximum absolute atomic E-state index is 12.7. The largest absolute Gasteiger partial charge is 0.389 e. The van der Waals surface area contributed by atoms with E-state index >= 15 is 0 Å². The zero-order chi connectivity index (χ0) is 12.7. The van der Waals surface area contributed by atoms with Gasteiger partial charge >= 0.3 is 0 Å². The Morgan fingerprint density at radius 3 is 1.82 bits per heavy atom. The topological polar surface area (TPSA) is 37.3 Å². The smallest absolute Gasteiger partial charge is 0.147 e. The molecule has 0 spiro atoms. The second-order valence-electron chi connectivity index (χ2n) is 7.11. The van der Waals surface area contributed by atoms with E-state index in [0.717, 1.165) is 44.9 Å². The van der Waals surface area contributed by atoms with Crippen LogP contribution < -0.4 is 0 Å². The van der Waals surface area contributed by atoms with Crippen molar-refractivity contribution < 1.29 is 9.90 Å². The Bertz CT molecular complexity index is 301. The predicted octanol–water partition coefficient (Wildman–Crippen LogP) is 3.47. The lowest BCUT2D eigenvalue weighted by Gasteiger charge is -2.55. The van der Waals surface area contributed by atoms with Gasteiger partial charge in [0, 0.05) is 5.41 Å². The average Bonchev–Trinajstić information content (AvgIpc) is 2.14. The fourth-order valence-corrected chi connectivity index (χ4v) is 3.77. The van der Waals surface area contributed by atoms with Crippen LogP contribution in [0, 0.1) is 10.8 Å². The molecule has 0 aliphatic heterocycles. The van der Waals surface area contributed by atoms with E-state index in [4.69, 9.17) is 0 Å². The molecule has 2 aliphatic carbocycles. The highest BCUT2D eigenvalue weighted by Gasteiger charge is 2.60. The molecule has 2 rings (SSSR count). The predicted molar refractivity (Wildman–Crippen MR) is 68.8 cm³/mol. The van der Waals surface area contributed by atoms with Crippen LogP contribution in [-0.4, -0.2) is 16.5 Å². The SMILES string of the molecule is CC(C)(C)C(=O)C1(C2(O)CCCCC2)CCC1. The summed E-state index contributed by atoms with van der Waals surface area (Å²) in [5.74, 6) is 0.292. The van der Waals surface area contributed by atoms with E-state index < -0.39 is 11.0 Å². The van der Waals surface area contributed by atoms with E-state index in [2.05, 4.69) is 0 Å². The first-order valence-corrected chi connectivity index (χ1v) is 7.09. The van der Waals surface area contributed by atoms with Crippen molar-refractivity contribution in [3.63, 3.8) is 0 Å². The van der Waals surface area contributed by atoms with Crippen molar-refractivity contribution in [1.82, 2.24) is 0 Å². The first kappa shape index (κ1) is 13.1. The Hall–Kier alpha value is -0.370. The Morgan fingerprint density at radius 2 is 1.47 bits per heavy atom. The molecule has 0 saturated heterocycles. The minimum absolute atomic E-state index is 0.292. The maximum atomic E-state index is 12.7. The lowest BCUT2D eigenvalue weighted by molar-refractivity contribution is -0.179. The van der Waals surface area contributed by atoms with Crippen molar-refractivity contribution in [2.75, 3.05) is 0 Å². The molecule has 2 saturated carbocycles. The third-order valence-corrected chi connectivity index (χ3v) is 4.89. The van der Waals surface area contributed by atoms with Gasteiger partial charge in [0.1, 0.15) is 5.78 Å². The molecule has 0 unspecified atom stereocenters. The summed E-state index contributed by atoms with van der Waals surface area (Å²) in [6.07, 6.45) is 7.93. The summed E-state index contributed by atoms with van der Waals surface area (Å²) < 4.78 is 0. The van der Waals surface area contributed by atoms with Gasteiger partial charge in [-0.2, -0.15) is 0 Å². The summed E-state index contributed by atoms with van der Waals surface area (Å²) in [5, 5.41) is 11.0. The lowest BCUT2D eigenvalue weighted by atomic mass is 9.50. The van der Waals surface area contributed by atoms with Gasteiger partial charge in [0.05, 0.1) is 11.0 Å². The molecule has 0 aromatic carbocycles. The first-order chi connectivity index (χ1) is 7.82. The van der Waals surface area contributed by atoms with E-state index in [0.29, 0.717) is 5.78 Å². The van der Waals surface area contributed by atoms with Gasteiger partial charge in [0.2, 0.25) is 0 Å². The highest BCUT2D eigenvalue weighted by molar-refractivity contribution is 5.91. The first-order valence-electron chi connectivity index (χ1n) is 7.09. The molecule has 0 aromatic heterocycles. The maximum Gasteiger partial charge on any atom is 0.147 e. The summed E-state index contributed by atoms with van der Waals surface area (Å²) >= 11 is 0. The molecule has 2 heteroatoms. The highest BCUT2D eigenvalue weighted by atomic mass is 16.3. The van der Waals surface area contributed by atoms with Crippen LogP contribution in [0.5, 0.6) is 0 Å². The van der Waals surface area contributed by atoms with Gasteiger partial charge in [-0.05, 0) is 25.7 Å². The average molecular weight is 238 g/mol. The van der Waals surface area contributed by atoms with Crippen LogP contribution in [0.25, 0.3) is 0 Å². The Kier molecular flexibility index (Phi) is 3.14. The normalized spacial score (nSPS) is 27.3. The Morgan fingerprint density at radius 1 is 0.941 bits per heavy atom. The van der Waals surface area contributed by atoms with Crippen molar-refractivity contribution in [3.05, 3.63) is 0 Å². The van der Waals surface area contributed by atoms with Crippen molar-refractivity contribution in [3.8, 4) is 0 Å². The van der Waals surface area contributed by atoms with Crippen molar-refractivity contribution in [1.29, 1.82) is 0 Å². The minimum Gasteiger partial charge on any atom is -0.389 e. The van der Waals surface area contributed by atoms with Crippen LogP contribution in [-0.2, 0) is 4.79 Å². The summed E-state index contributed by atoms with van der Waals surface area (Å²) in [7, 11) is 0. The molecule has 0 amide bonds. The Balaban J connectivity index is 2.28. The number of hydrogen-bond donors (Lipinski definition) is 1. The van der Waals surface area contributed by atoms with E-state index in [1.165, 1.54) is 6.42 Å². The molecule has 2 nitrogen and oxygen atoms in total. The number of carbonyl (C=O) groups is 1. The molecule has 2 aliphatic rings. The molecule has 98 valence electrons. The van der Waals surface area contributed by atoms with Crippen LogP contribution >= 0.6 is 0 Å². The number of Topliss-reactive ketones (excluding diaryl/α,β-unsaturated/α-hetero) is 1. The van der Waals surface area contributed by atoms with Gasteiger partial charge in [-0.3, -0.25) is 4.79 Å². The monoisotopic (exact) mass is 238 g/mol. The zero-order valence-corrected chi connectivity index (χ0v) is 11.5. The van der Waals surface area contributed by atoms with Gasteiger partial charge in [0.15, 0.2) is 0 Å². The van der Waals surface area contributed by atoms with Crippen molar-refractivity contribution >= 4 is 5.78 Å². The molecule has 1 N–H and O–H groups in total. The Labute approximate surface area is 105 Å². The third kappa shape index (κ3) is 1.95. The molecule has 0 radical (unpaired) electrons. The van der Waals surface area contributed by atoms with Crippen molar-refractivity contribution in [2.45, 2.75) is 77.7 Å². The fourth-order valence-electron chi connectivity index (χ4n) is 3.77. The lowest BCUT2D eigenvalue weighted by Crippen LogP contribution is -2.60. The molecule has 0 atom stereocenters. The molecule has 0 aromatic rings. The van der Waals surface area contributed by atoms with Crippen LogP contribution in [0.2, 0.25) is 0 Å². The number of rotatable bonds is 2. The summed E-state index contributed by atoms with van der Waals surface area (Å²) in [5.41, 5.74) is -1.44. The number of aliphatic hydroxyl groups is 1. The molecule has 0 bridgehead atoms. The van der Waals surface area contributed by atoms with Crippen LogP contribution in [0.1, 0.15) is 72.1 Å². The zero-order valence-electron chi connectivity index (χ0n) is 11.5. The number of carbonyl (C=O) groups excluding carboxylic acids is 1. The third-order valence-electron chi connectivity index (χ3n) is 4.89. The number of ketones is 1. The fraction of sp³-hybridized carbons (Fsp3) is 0.933. The highest BCUT2D eigenvalue weighted by Crippen LogP contribution is 2.57. The standard InChI is InChI=1S/C15H26O2/c1-13(2,3)12(16)14(8-7-9-14)15(17)10-5-4-6-11-15/h17H,4-11H2,1-3H3. The van der Waals surface area contributed by atoms with Crippen molar-refractivity contribution in [2.24, 2.45) is 10.8 Å². The van der Waals surface area contributed by atoms with E-state index in [9.17, 15) is 9.90 Å². The summed E-state index contributed by atoms with van der Waals surface area (Å²) in [6.45, 7) is 5.96. The molecule has 2 fully saturated rings. The van der Waals surface area contributed by atoms with Crippen LogP contribution in [0.3, 0.4) is 0 Å².